The molecule has 0 spiro atoms. The number of quaternary nitrogens is 1. The van der Waals surface area contributed by atoms with Gasteiger partial charge in [-0.15, -0.1) is 0 Å². The van der Waals surface area contributed by atoms with Crippen molar-refractivity contribution in [2.45, 2.75) is 283 Å². The molecule has 0 aliphatic heterocycles. The number of aliphatic hydroxyl groups is 1. The number of hydrogen-bond acceptors (Lipinski definition) is 6. The molecule has 0 aliphatic carbocycles. The zero-order chi connectivity index (χ0) is 51.3. The van der Waals surface area contributed by atoms with Gasteiger partial charge in [-0.2, -0.15) is 0 Å². The smallest absolute Gasteiger partial charge is 0.268 e. The summed E-state index contributed by atoms with van der Waals surface area (Å²) in [5.41, 5.74) is 0. The lowest BCUT2D eigenvalue weighted by molar-refractivity contribution is -0.870. The SMILES string of the molecule is CCCCCCC/C=C\C/C=C\CCCCCCCCCCCCCCCCCCCCCCCC(=O)NC(COP(=O)([O-])OCC[N+](C)(C)C)C(O)/C=C/CC/C=C/CC/C=C/CCCCCCC. The first-order valence-corrected chi connectivity index (χ1v) is 31.1. The molecule has 0 rings (SSSR count). The van der Waals surface area contributed by atoms with Crippen molar-refractivity contribution in [2.75, 3.05) is 40.9 Å². The number of amides is 1. The number of rotatable bonds is 54. The van der Waals surface area contributed by atoms with Crippen LogP contribution < -0.4 is 10.2 Å². The number of carbonyl (C=O) groups excluding carboxylic acids is 1. The molecule has 0 aromatic carbocycles. The second-order valence-corrected chi connectivity index (χ2v) is 22.7. The molecule has 0 aromatic heterocycles. The summed E-state index contributed by atoms with van der Waals surface area (Å²) in [6.07, 6.45) is 70.3. The maximum absolute atomic E-state index is 12.9. The van der Waals surface area contributed by atoms with Gasteiger partial charge >= 0.3 is 0 Å². The average Bonchev–Trinajstić information content (AvgIpc) is 3.32. The lowest BCUT2D eigenvalue weighted by atomic mass is 10.0. The van der Waals surface area contributed by atoms with Crippen LogP contribution in [0.4, 0.5) is 0 Å². The first-order chi connectivity index (χ1) is 34.0. The van der Waals surface area contributed by atoms with E-state index >= 15 is 0 Å². The maximum atomic E-state index is 12.9. The van der Waals surface area contributed by atoms with Crippen LogP contribution in [0, 0.1) is 0 Å². The van der Waals surface area contributed by atoms with Crippen LogP contribution in [0.1, 0.15) is 271 Å². The number of carbonyl (C=O) groups is 1. The molecule has 3 atom stereocenters. The Morgan fingerprint density at radius 2 is 0.843 bits per heavy atom. The first kappa shape index (κ1) is 68.2. The van der Waals surface area contributed by atoms with Gasteiger partial charge in [0, 0.05) is 6.42 Å². The van der Waals surface area contributed by atoms with Gasteiger partial charge in [-0.05, 0) is 77.0 Å². The maximum Gasteiger partial charge on any atom is 0.268 e. The van der Waals surface area contributed by atoms with E-state index in [4.69, 9.17) is 9.05 Å². The predicted octanol–water partition coefficient (Wildman–Crippen LogP) is 17.5. The van der Waals surface area contributed by atoms with Crippen LogP contribution in [0.2, 0.25) is 0 Å². The van der Waals surface area contributed by atoms with Crippen molar-refractivity contribution in [3.8, 4) is 0 Å². The minimum atomic E-state index is -4.61. The van der Waals surface area contributed by atoms with Crippen molar-refractivity contribution < 1.29 is 32.9 Å². The molecule has 0 fully saturated rings. The highest BCUT2D eigenvalue weighted by Gasteiger charge is 2.23. The predicted molar refractivity (Wildman–Crippen MR) is 302 cm³/mol. The molecule has 70 heavy (non-hydrogen) atoms. The number of phosphoric acid groups is 1. The van der Waals surface area contributed by atoms with Crippen molar-refractivity contribution in [1.82, 2.24) is 5.32 Å². The highest BCUT2D eigenvalue weighted by atomic mass is 31.2. The molecule has 3 unspecified atom stereocenters. The zero-order valence-electron chi connectivity index (χ0n) is 46.7. The van der Waals surface area contributed by atoms with Crippen LogP contribution in [0.3, 0.4) is 0 Å². The van der Waals surface area contributed by atoms with Crippen LogP contribution >= 0.6 is 7.82 Å². The first-order valence-electron chi connectivity index (χ1n) is 29.7. The van der Waals surface area contributed by atoms with E-state index in [1.165, 1.54) is 199 Å². The van der Waals surface area contributed by atoms with Gasteiger partial charge in [-0.3, -0.25) is 9.36 Å². The van der Waals surface area contributed by atoms with Crippen LogP contribution in [0.25, 0.3) is 0 Å². The Morgan fingerprint density at radius 3 is 1.24 bits per heavy atom. The Morgan fingerprint density at radius 1 is 0.500 bits per heavy atom. The lowest BCUT2D eigenvalue weighted by Crippen LogP contribution is -2.45. The topological polar surface area (TPSA) is 108 Å². The molecular weight excluding hydrogens is 888 g/mol. The van der Waals surface area contributed by atoms with Crippen molar-refractivity contribution in [1.29, 1.82) is 0 Å². The fourth-order valence-corrected chi connectivity index (χ4v) is 9.23. The molecule has 0 heterocycles. The third-order valence-corrected chi connectivity index (χ3v) is 14.1. The normalized spacial score (nSPS) is 14.3. The van der Waals surface area contributed by atoms with Crippen LogP contribution in [0.15, 0.2) is 60.8 Å². The van der Waals surface area contributed by atoms with Crippen LogP contribution in [0.5, 0.6) is 0 Å². The fourth-order valence-electron chi connectivity index (χ4n) is 8.51. The van der Waals surface area contributed by atoms with E-state index in [0.717, 1.165) is 51.4 Å². The Bertz CT molecular complexity index is 1320. The summed E-state index contributed by atoms with van der Waals surface area (Å²) >= 11 is 0. The second kappa shape index (κ2) is 52.1. The highest BCUT2D eigenvalue weighted by Crippen LogP contribution is 2.38. The summed E-state index contributed by atoms with van der Waals surface area (Å²) in [5, 5.41) is 13.8. The highest BCUT2D eigenvalue weighted by molar-refractivity contribution is 7.45. The van der Waals surface area contributed by atoms with E-state index in [2.05, 4.69) is 67.8 Å². The number of phosphoric ester groups is 1. The second-order valence-electron chi connectivity index (χ2n) is 21.3. The summed E-state index contributed by atoms with van der Waals surface area (Å²) < 4.78 is 23.3. The summed E-state index contributed by atoms with van der Waals surface area (Å²) in [6.45, 7) is 4.61. The minimum absolute atomic E-state index is 0.00926. The standard InChI is InChI=1S/C61H115N2O6P/c1-6-8-10-12-14-16-18-20-22-23-24-25-26-27-28-29-30-31-32-33-34-35-36-37-38-39-41-43-45-47-49-51-53-55-61(65)62-59(58-69-70(66,67)68-57-56-63(3,4)5)60(64)54-52-50-48-46-44-42-40-21-19-17-15-13-11-9-7-2/h18-21,23-24,44,46,52,54,59-60,64H,6-17,22,25-43,45,47-51,53,55-58H2,1-5H3,(H-,62,65,66,67)/b20-18-,21-19+,24-23-,46-44+,54-52+. The minimum Gasteiger partial charge on any atom is -0.756 e. The van der Waals surface area contributed by atoms with E-state index in [0.29, 0.717) is 17.4 Å². The molecule has 8 nitrogen and oxygen atoms in total. The molecule has 9 heteroatoms. The summed E-state index contributed by atoms with van der Waals surface area (Å²) in [7, 11) is 1.24. The summed E-state index contributed by atoms with van der Waals surface area (Å²) in [4.78, 5) is 25.5. The molecular formula is C61H115N2O6P. The number of allylic oxidation sites excluding steroid dienone is 9. The molecule has 410 valence electrons. The van der Waals surface area contributed by atoms with Gasteiger partial charge in [0.25, 0.3) is 7.82 Å². The molecule has 0 aliphatic rings. The van der Waals surface area contributed by atoms with Gasteiger partial charge in [0.05, 0.1) is 39.9 Å². The van der Waals surface area contributed by atoms with Gasteiger partial charge in [0.15, 0.2) is 0 Å². The number of nitrogens with one attached hydrogen (secondary N) is 1. The quantitative estimate of drug-likeness (QED) is 0.0272. The van der Waals surface area contributed by atoms with E-state index in [9.17, 15) is 19.4 Å². The van der Waals surface area contributed by atoms with Crippen molar-refractivity contribution in [3.63, 3.8) is 0 Å². The summed E-state index contributed by atoms with van der Waals surface area (Å²) in [5.74, 6) is -0.209. The molecule has 2 N–H and O–H groups in total. The van der Waals surface area contributed by atoms with Gasteiger partial charge in [-0.1, -0.05) is 248 Å². The lowest BCUT2D eigenvalue weighted by Gasteiger charge is -2.29. The number of aliphatic hydroxyl groups excluding tert-OH is 1. The zero-order valence-corrected chi connectivity index (χ0v) is 47.6. The van der Waals surface area contributed by atoms with Crippen molar-refractivity contribution >= 4 is 13.7 Å². The van der Waals surface area contributed by atoms with Gasteiger partial charge in [0.1, 0.15) is 13.2 Å². The van der Waals surface area contributed by atoms with Gasteiger partial charge in [-0.25, -0.2) is 0 Å². The van der Waals surface area contributed by atoms with E-state index < -0.39 is 26.6 Å². The van der Waals surface area contributed by atoms with Gasteiger partial charge in [0.2, 0.25) is 5.91 Å². The Labute approximate surface area is 434 Å². The molecule has 0 saturated heterocycles. The van der Waals surface area contributed by atoms with Crippen LogP contribution in [-0.4, -0.2) is 68.5 Å². The average molecular weight is 1000 g/mol. The largest absolute Gasteiger partial charge is 0.756 e. The number of hydrogen-bond donors (Lipinski definition) is 2. The molecule has 0 radical (unpaired) electrons. The Hall–Kier alpha value is -1.80. The molecule has 0 aromatic rings. The fraction of sp³-hybridized carbons (Fsp3) is 0.820. The van der Waals surface area contributed by atoms with E-state index in [1.54, 1.807) is 6.08 Å². The molecule has 1 amide bonds. The van der Waals surface area contributed by atoms with Gasteiger partial charge < -0.3 is 28.8 Å². The van der Waals surface area contributed by atoms with Crippen LogP contribution in [-0.2, 0) is 18.4 Å². The van der Waals surface area contributed by atoms with E-state index in [1.807, 2.05) is 27.2 Å². The van der Waals surface area contributed by atoms with E-state index in [-0.39, 0.29) is 12.5 Å². The third kappa shape index (κ3) is 54.0. The Kier molecular flexibility index (Phi) is 50.7. The number of likely N-dealkylation sites (N-methyl/N-ethyl adjacent to an activating group) is 1. The van der Waals surface area contributed by atoms with Crippen molar-refractivity contribution in [2.24, 2.45) is 0 Å². The monoisotopic (exact) mass is 1000 g/mol. The molecule has 0 saturated carbocycles. The van der Waals surface area contributed by atoms with Crippen molar-refractivity contribution in [3.05, 3.63) is 60.8 Å². The summed E-state index contributed by atoms with van der Waals surface area (Å²) in [6, 6.07) is -0.910. The number of nitrogens with zero attached hydrogens (tertiary/aromatic N) is 1. The number of unbranched alkanes of at least 4 members (excludes halogenated alkanes) is 33. The Balaban J connectivity index is 4.06. The third-order valence-electron chi connectivity index (χ3n) is 13.2. The molecule has 0 bridgehead atoms.